The number of carbonyl (C=O) groups excluding carboxylic acids is 1. The molecule has 0 N–H and O–H groups in total. The van der Waals surface area contributed by atoms with Gasteiger partial charge in [0.05, 0.1) is 10.9 Å². The summed E-state index contributed by atoms with van der Waals surface area (Å²) in [7, 11) is -0.189. The highest BCUT2D eigenvalue weighted by Gasteiger charge is 2.51. The van der Waals surface area contributed by atoms with Crippen LogP contribution in [0.2, 0.25) is 0 Å². The van der Waals surface area contributed by atoms with E-state index < -0.39 is 11.4 Å². The molecule has 0 aliphatic heterocycles. The number of benzene rings is 3. The SMILES string of the molecule is CC(C)(C)Oc1ccc([S+](c2ccccc2)c2ccc(OC(C)(C)C)cc2)cc1.O=C([O-])C12CC3CC(CC(C3)C1)C2. The van der Waals surface area contributed by atoms with Crippen molar-refractivity contribution in [1.82, 2.24) is 0 Å². The fourth-order valence-electron chi connectivity index (χ4n) is 7.32. The zero-order valence-electron chi connectivity index (χ0n) is 26.0. The Balaban J connectivity index is 0.000000222. The van der Waals surface area contributed by atoms with Crippen molar-refractivity contribution in [3.8, 4) is 11.5 Å². The lowest BCUT2D eigenvalue weighted by Crippen LogP contribution is -2.54. The Hall–Kier alpha value is -2.92. The van der Waals surface area contributed by atoms with E-state index in [9.17, 15) is 9.90 Å². The molecule has 0 spiro atoms. The third-order valence-electron chi connectivity index (χ3n) is 8.42. The summed E-state index contributed by atoms with van der Waals surface area (Å²) in [4.78, 5) is 15.0. The molecule has 4 aliphatic rings. The topological polar surface area (TPSA) is 58.6 Å². The van der Waals surface area contributed by atoms with Gasteiger partial charge in [0, 0.05) is 11.4 Å². The fraction of sp³-hybridized carbons (Fsp3) is 0.486. The van der Waals surface area contributed by atoms with E-state index in [0.29, 0.717) is 17.8 Å². The van der Waals surface area contributed by atoms with E-state index in [1.807, 2.05) is 0 Å². The molecule has 0 amide bonds. The van der Waals surface area contributed by atoms with Gasteiger partial charge in [-0.2, -0.15) is 0 Å². The van der Waals surface area contributed by atoms with Crippen molar-refractivity contribution in [1.29, 1.82) is 0 Å². The van der Waals surface area contributed by atoms with Crippen LogP contribution >= 0.6 is 0 Å². The first kappa shape index (κ1) is 30.5. The first-order valence-corrected chi connectivity index (χ1v) is 16.6. The minimum Gasteiger partial charge on any atom is -0.550 e. The number of hydrogen-bond acceptors (Lipinski definition) is 4. The largest absolute Gasteiger partial charge is 0.550 e. The zero-order valence-corrected chi connectivity index (χ0v) is 26.8. The molecular formula is C37H46O4S. The molecule has 4 saturated carbocycles. The van der Waals surface area contributed by atoms with E-state index in [4.69, 9.17) is 9.47 Å². The van der Waals surface area contributed by atoms with Gasteiger partial charge in [0.25, 0.3) is 0 Å². The average Bonchev–Trinajstić information content (AvgIpc) is 2.89. The van der Waals surface area contributed by atoms with Crippen LogP contribution in [0.25, 0.3) is 0 Å². The van der Waals surface area contributed by atoms with Gasteiger partial charge in [-0.3, -0.25) is 0 Å². The van der Waals surface area contributed by atoms with Crippen molar-refractivity contribution in [2.45, 2.75) is 106 Å². The van der Waals surface area contributed by atoms with Crippen LogP contribution in [0.15, 0.2) is 93.5 Å². The Morgan fingerprint density at radius 1 is 0.643 bits per heavy atom. The molecule has 224 valence electrons. The summed E-state index contributed by atoms with van der Waals surface area (Å²) in [5.41, 5.74) is -0.800. The van der Waals surface area contributed by atoms with Gasteiger partial charge < -0.3 is 19.4 Å². The van der Waals surface area contributed by atoms with Gasteiger partial charge in [0.1, 0.15) is 22.7 Å². The molecule has 0 atom stereocenters. The van der Waals surface area contributed by atoms with Crippen molar-refractivity contribution >= 4 is 16.9 Å². The fourth-order valence-corrected chi connectivity index (χ4v) is 9.38. The predicted octanol–water partition coefficient (Wildman–Crippen LogP) is 8.09. The molecule has 42 heavy (non-hydrogen) atoms. The van der Waals surface area contributed by atoms with Gasteiger partial charge in [-0.25, -0.2) is 0 Å². The van der Waals surface area contributed by atoms with Gasteiger partial charge in [0.15, 0.2) is 14.7 Å². The van der Waals surface area contributed by atoms with Crippen molar-refractivity contribution in [3.05, 3.63) is 78.9 Å². The Morgan fingerprint density at radius 3 is 1.33 bits per heavy atom. The number of hydrogen-bond donors (Lipinski definition) is 0. The van der Waals surface area contributed by atoms with Crippen LogP contribution in [0.5, 0.6) is 11.5 Å². The minimum atomic E-state index is -0.758. The Kier molecular flexibility index (Phi) is 8.72. The van der Waals surface area contributed by atoms with Crippen LogP contribution in [0.1, 0.15) is 80.1 Å². The summed E-state index contributed by atoms with van der Waals surface area (Å²) in [6.45, 7) is 12.4. The first-order valence-electron chi connectivity index (χ1n) is 15.4. The van der Waals surface area contributed by atoms with Crippen LogP contribution in [0.3, 0.4) is 0 Å². The molecule has 0 aromatic heterocycles. The molecule has 3 aromatic rings. The first-order chi connectivity index (χ1) is 19.8. The van der Waals surface area contributed by atoms with Gasteiger partial charge in [-0.1, -0.05) is 18.2 Å². The van der Waals surface area contributed by atoms with E-state index >= 15 is 0 Å². The maximum Gasteiger partial charge on any atom is 0.166 e. The van der Waals surface area contributed by atoms with Gasteiger partial charge in [-0.15, -0.1) is 0 Å². The van der Waals surface area contributed by atoms with Crippen molar-refractivity contribution in [2.75, 3.05) is 0 Å². The van der Waals surface area contributed by atoms with Gasteiger partial charge in [-0.05, 0) is 158 Å². The van der Waals surface area contributed by atoms with Crippen LogP contribution in [-0.4, -0.2) is 17.2 Å². The maximum absolute atomic E-state index is 11.1. The second kappa shape index (κ2) is 12.0. The van der Waals surface area contributed by atoms with Crippen LogP contribution in [-0.2, 0) is 15.7 Å². The van der Waals surface area contributed by atoms with Gasteiger partial charge >= 0.3 is 0 Å². The number of aliphatic carboxylic acids is 1. The quantitative estimate of drug-likeness (QED) is 0.274. The smallest absolute Gasteiger partial charge is 0.166 e. The monoisotopic (exact) mass is 586 g/mol. The number of ether oxygens (including phenoxy) is 2. The lowest BCUT2D eigenvalue weighted by Gasteiger charge is -2.57. The molecule has 5 heteroatoms. The van der Waals surface area contributed by atoms with E-state index in [1.165, 1.54) is 33.9 Å². The molecule has 0 saturated heterocycles. The summed E-state index contributed by atoms with van der Waals surface area (Å²) < 4.78 is 12.0. The molecule has 3 aromatic carbocycles. The van der Waals surface area contributed by atoms with Crippen molar-refractivity contribution in [3.63, 3.8) is 0 Å². The third kappa shape index (κ3) is 7.53. The van der Waals surface area contributed by atoms with Gasteiger partial charge in [0.2, 0.25) is 0 Å². The Labute approximate surface area is 255 Å². The molecule has 4 bridgehead atoms. The number of carbonyl (C=O) groups is 1. The van der Waals surface area contributed by atoms with Crippen LogP contribution in [0, 0.1) is 23.2 Å². The molecule has 4 aliphatic carbocycles. The second-order valence-corrected chi connectivity index (χ2v) is 16.5. The maximum atomic E-state index is 11.1. The highest BCUT2D eigenvalue weighted by Crippen LogP contribution is 2.59. The van der Waals surface area contributed by atoms with E-state index in [-0.39, 0.29) is 22.1 Å². The lowest BCUT2D eigenvalue weighted by molar-refractivity contribution is -0.327. The second-order valence-electron chi connectivity index (χ2n) is 14.5. The molecular weight excluding hydrogens is 540 g/mol. The summed E-state index contributed by atoms with van der Waals surface area (Å²) in [5.74, 6) is 3.17. The molecule has 7 rings (SSSR count). The van der Waals surface area contributed by atoms with Crippen molar-refractivity contribution in [2.24, 2.45) is 23.2 Å². The minimum absolute atomic E-state index is 0.189. The van der Waals surface area contributed by atoms with Crippen LogP contribution < -0.4 is 14.6 Å². The zero-order chi connectivity index (χ0) is 30.1. The summed E-state index contributed by atoms with van der Waals surface area (Å²) in [6.07, 6.45) is 6.65. The summed E-state index contributed by atoms with van der Waals surface area (Å²) in [6, 6.07) is 27.6. The van der Waals surface area contributed by atoms with E-state index in [0.717, 1.165) is 30.8 Å². The molecule has 0 heterocycles. The van der Waals surface area contributed by atoms with E-state index in [1.54, 1.807) is 0 Å². The standard InChI is InChI=1S/C26H31O2S.C11H16O2/c1-25(2,3)27-20-12-16-23(17-13-20)29(22-10-8-7-9-11-22)24-18-14-21(15-19-24)28-26(4,5)6;12-10(13)11-4-7-1-8(5-11)3-9(2-7)6-11/h7-19H,1-6H3;7-9H,1-6H2,(H,12,13)/q+1;/p-1. The number of carboxylic acids is 1. The third-order valence-corrected chi connectivity index (χ3v) is 10.6. The molecule has 4 fully saturated rings. The highest BCUT2D eigenvalue weighted by molar-refractivity contribution is 7.97. The highest BCUT2D eigenvalue weighted by atomic mass is 32.2. The average molecular weight is 587 g/mol. The Bertz CT molecular complexity index is 1240. The normalized spacial score (nSPS) is 24.6. The summed E-state index contributed by atoms with van der Waals surface area (Å²) in [5, 5.41) is 11.1. The molecule has 0 unspecified atom stereocenters. The van der Waals surface area contributed by atoms with Crippen molar-refractivity contribution < 1.29 is 19.4 Å². The number of carboxylic acid groups (broad SMARTS) is 1. The molecule has 0 radical (unpaired) electrons. The Morgan fingerprint density at radius 2 is 1.00 bits per heavy atom. The predicted molar refractivity (Wildman–Crippen MR) is 168 cm³/mol. The van der Waals surface area contributed by atoms with Crippen LogP contribution in [0.4, 0.5) is 0 Å². The molecule has 4 nitrogen and oxygen atoms in total. The van der Waals surface area contributed by atoms with E-state index in [2.05, 4.69) is 120 Å². The number of rotatable bonds is 6. The lowest BCUT2D eigenvalue weighted by atomic mass is 9.49. The summed E-state index contributed by atoms with van der Waals surface area (Å²) >= 11 is 0.